The van der Waals surface area contributed by atoms with Crippen LogP contribution in [-0.4, -0.2) is 19.9 Å². The third-order valence-corrected chi connectivity index (χ3v) is 3.78. The molecular weight excluding hydrogens is 262 g/mol. The fourth-order valence-electron chi connectivity index (χ4n) is 2.76. The average molecular weight is 281 g/mol. The van der Waals surface area contributed by atoms with Gasteiger partial charge in [-0.3, -0.25) is 9.67 Å². The van der Waals surface area contributed by atoms with Crippen molar-refractivity contribution in [2.45, 2.75) is 25.9 Å². The molecule has 1 unspecified atom stereocenters. The van der Waals surface area contributed by atoms with Crippen molar-refractivity contribution < 1.29 is 5.11 Å². The lowest BCUT2D eigenvalue weighted by Gasteiger charge is -2.12. The molecule has 2 heterocycles. The number of para-hydroxylation sites is 1. The number of fused-ring (bicyclic) bond motifs is 1. The van der Waals surface area contributed by atoms with Crippen LogP contribution in [0.5, 0.6) is 0 Å². The number of hydrogen-bond acceptors (Lipinski definition) is 3. The lowest BCUT2D eigenvalue weighted by atomic mass is 9.98. The van der Waals surface area contributed by atoms with Crippen LogP contribution in [0.1, 0.15) is 29.8 Å². The highest BCUT2D eigenvalue weighted by Gasteiger charge is 2.16. The van der Waals surface area contributed by atoms with Crippen LogP contribution in [0, 0.1) is 0 Å². The second-order valence-corrected chi connectivity index (χ2v) is 5.27. The second kappa shape index (κ2) is 5.66. The fourth-order valence-corrected chi connectivity index (χ4v) is 2.76. The van der Waals surface area contributed by atoms with Crippen molar-refractivity contribution in [3.8, 4) is 0 Å². The summed E-state index contributed by atoms with van der Waals surface area (Å²) in [6.45, 7) is 2.06. The number of aliphatic hydroxyl groups is 1. The molecule has 0 radical (unpaired) electrons. The van der Waals surface area contributed by atoms with Gasteiger partial charge >= 0.3 is 0 Å². The van der Waals surface area contributed by atoms with E-state index in [1.165, 1.54) is 0 Å². The fraction of sp³-hybridized carbons (Fsp3) is 0.294. The Morgan fingerprint density at radius 1 is 1.24 bits per heavy atom. The summed E-state index contributed by atoms with van der Waals surface area (Å²) >= 11 is 0. The molecule has 108 valence electrons. The van der Waals surface area contributed by atoms with Gasteiger partial charge in [-0.15, -0.1) is 0 Å². The van der Waals surface area contributed by atoms with Crippen LogP contribution < -0.4 is 0 Å². The number of aromatic nitrogens is 3. The van der Waals surface area contributed by atoms with Crippen molar-refractivity contribution in [3.05, 3.63) is 59.5 Å². The highest BCUT2D eigenvalue weighted by Crippen LogP contribution is 2.25. The molecule has 0 aliphatic carbocycles. The Hall–Kier alpha value is -2.20. The van der Waals surface area contributed by atoms with E-state index < -0.39 is 6.10 Å². The Morgan fingerprint density at radius 2 is 2.05 bits per heavy atom. The van der Waals surface area contributed by atoms with Crippen LogP contribution in [0.15, 0.2) is 42.7 Å². The minimum Gasteiger partial charge on any atom is -0.388 e. The van der Waals surface area contributed by atoms with Crippen molar-refractivity contribution in [2.75, 3.05) is 0 Å². The van der Waals surface area contributed by atoms with Gasteiger partial charge in [-0.05, 0) is 24.1 Å². The van der Waals surface area contributed by atoms with Gasteiger partial charge in [0.15, 0.2) is 0 Å². The van der Waals surface area contributed by atoms with Crippen molar-refractivity contribution >= 4 is 10.9 Å². The number of hydrogen-bond donors (Lipinski definition) is 1. The summed E-state index contributed by atoms with van der Waals surface area (Å²) in [7, 11) is 1.89. The monoisotopic (exact) mass is 281 g/mol. The van der Waals surface area contributed by atoms with Gasteiger partial charge in [0.1, 0.15) is 0 Å². The van der Waals surface area contributed by atoms with Crippen molar-refractivity contribution in [2.24, 2.45) is 7.05 Å². The molecule has 0 aliphatic heterocycles. The van der Waals surface area contributed by atoms with Crippen LogP contribution in [0.2, 0.25) is 0 Å². The molecule has 0 fully saturated rings. The predicted octanol–water partition coefficient (Wildman–Crippen LogP) is 2.81. The molecule has 3 rings (SSSR count). The second-order valence-electron chi connectivity index (χ2n) is 5.27. The molecule has 4 heteroatoms. The molecule has 1 N–H and O–H groups in total. The SMILES string of the molecule is CCc1nn(C)cc1C(O)Cc1ccnc2ccccc12. The summed E-state index contributed by atoms with van der Waals surface area (Å²) in [6.07, 6.45) is 4.56. The van der Waals surface area contributed by atoms with Crippen LogP contribution in [-0.2, 0) is 19.9 Å². The normalized spacial score (nSPS) is 12.7. The Kier molecular flexibility index (Phi) is 3.71. The first kappa shape index (κ1) is 13.8. The number of rotatable bonds is 4. The summed E-state index contributed by atoms with van der Waals surface area (Å²) in [5.74, 6) is 0. The number of aryl methyl sites for hydroxylation is 2. The predicted molar refractivity (Wildman–Crippen MR) is 83.0 cm³/mol. The van der Waals surface area contributed by atoms with E-state index >= 15 is 0 Å². The zero-order chi connectivity index (χ0) is 14.8. The van der Waals surface area contributed by atoms with E-state index in [1.54, 1.807) is 10.9 Å². The number of pyridine rings is 1. The van der Waals surface area contributed by atoms with E-state index in [0.717, 1.165) is 34.1 Å². The van der Waals surface area contributed by atoms with Crippen LogP contribution in [0.4, 0.5) is 0 Å². The first-order valence-corrected chi connectivity index (χ1v) is 7.22. The van der Waals surface area contributed by atoms with E-state index in [2.05, 4.69) is 17.0 Å². The first-order chi connectivity index (χ1) is 10.2. The average Bonchev–Trinajstić information content (AvgIpc) is 2.89. The molecule has 0 bridgehead atoms. The van der Waals surface area contributed by atoms with Gasteiger partial charge in [0.25, 0.3) is 0 Å². The van der Waals surface area contributed by atoms with Gasteiger partial charge in [0, 0.05) is 36.8 Å². The molecule has 21 heavy (non-hydrogen) atoms. The molecule has 2 aromatic heterocycles. The molecule has 0 saturated heterocycles. The third kappa shape index (κ3) is 2.67. The smallest absolute Gasteiger partial charge is 0.0863 e. The standard InChI is InChI=1S/C17H19N3O/c1-3-15-14(11-20(2)19-15)17(21)10-12-8-9-18-16-7-5-4-6-13(12)16/h4-9,11,17,21H,3,10H2,1-2H3. The van der Waals surface area contributed by atoms with Gasteiger partial charge in [0.05, 0.1) is 17.3 Å². The number of nitrogens with zero attached hydrogens (tertiary/aromatic N) is 3. The highest BCUT2D eigenvalue weighted by molar-refractivity contribution is 5.81. The number of benzene rings is 1. The molecule has 0 saturated carbocycles. The van der Waals surface area contributed by atoms with Crippen molar-refractivity contribution in [1.82, 2.24) is 14.8 Å². The molecule has 0 spiro atoms. The maximum atomic E-state index is 10.6. The summed E-state index contributed by atoms with van der Waals surface area (Å²) in [5, 5.41) is 16.1. The zero-order valence-corrected chi connectivity index (χ0v) is 12.3. The molecule has 0 amide bonds. The largest absolute Gasteiger partial charge is 0.388 e. The van der Waals surface area contributed by atoms with Gasteiger partial charge in [-0.2, -0.15) is 5.10 Å². The molecule has 1 aromatic carbocycles. The molecular formula is C17H19N3O. The Labute approximate surface area is 124 Å². The van der Waals surface area contributed by atoms with Crippen LogP contribution in [0.3, 0.4) is 0 Å². The lowest BCUT2D eigenvalue weighted by molar-refractivity contribution is 0.177. The molecule has 1 atom stereocenters. The zero-order valence-electron chi connectivity index (χ0n) is 12.3. The van der Waals surface area contributed by atoms with Gasteiger partial charge in [-0.1, -0.05) is 25.1 Å². The van der Waals surface area contributed by atoms with Crippen LogP contribution in [0.25, 0.3) is 10.9 Å². The first-order valence-electron chi connectivity index (χ1n) is 7.22. The Balaban J connectivity index is 1.94. The summed E-state index contributed by atoms with van der Waals surface area (Å²) < 4.78 is 1.77. The van der Waals surface area contributed by atoms with Crippen molar-refractivity contribution in [3.63, 3.8) is 0 Å². The van der Waals surface area contributed by atoms with E-state index in [4.69, 9.17) is 0 Å². The van der Waals surface area contributed by atoms with E-state index in [9.17, 15) is 5.11 Å². The molecule has 4 nitrogen and oxygen atoms in total. The Bertz CT molecular complexity index is 758. The summed E-state index contributed by atoms with van der Waals surface area (Å²) in [5.41, 5.74) is 3.95. The van der Waals surface area contributed by atoms with E-state index in [0.29, 0.717) is 6.42 Å². The van der Waals surface area contributed by atoms with Gasteiger partial charge in [0.2, 0.25) is 0 Å². The summed E-state index contributed by atoms with van der Waals surface area (Å²) in [4.78, 5) is 4.36. The van der Waals surface area contributed by atoms with Gasteiger partial charge < -0.3 is 5.11 Å². The highest BCUT2D eigenvalue weighted by atomic mass is 16.3. The van der Waals surface area contributed by atoms with E-state index in [1.807, 2.05) is 43.6 Å². The third-order valence-electron chi connectivity index (χ3n) is 3.78. The topological polar surface area (TPSA) is 50.9 Å². The maximum Gasteiger partial charge on any atom is 0.0863 e. The van der Waals surface area contributed by atoms with Crippen LogP contribution >= 0.6 is 0 Å². The Morgan fingerprint density at radius 3 is 2.86 bits per heavy atom. The quantitative estimate of drug-likeness (QED) is 0.800. The lowest BCUT2D eigenvalue weighted by Crippen LogP contribution is -2.04. The maximum absolute atomic E-state index is 10.6. The molecule has 3 aromatic rings. The van der Waals surface area contributed by atoms with Crippen molar-refractivity contribution in [1.29, 1.82) is 0 Å². The van der Waals surface area contributed by atoms with Gasteiger partial charge in [-0.25, -0.2) is 0 Å². The summed E-state index contributed by atoms with van der Waals surface area (Å²) in [6, 6.07) is 10.0. The minimum atomic E-state index is -0.542. The number of aliphatic hydroxyl groups excluding tert-OH is 1. The molecule has 0 aliphatic rings. The minimum absolute atomic E-state index is 0.542. The van der Waals surface area contributed by atoms with E-state index in [-0.39, 0.29) is 0 Å².